The normalized spacial score (nSPS) is 27.3. The third-order valence-electron chi connectivity index (χ3n) is 10.7. The van der Waals surface area contributed by atoms with Crippen LogP contribution in [0.5, 0.6) is 11.5 Å². The number of nitrogens with two attached hydrogens (primary N) is 1. The van der Waals surface area contributed by atoms with E-state index in [1.165, 1.54) is 22.3 Å². The van der Waals surface area contributed by atoms with Crippen LogP contribution in [0.15, 0.2) is 58.4 Å². The summed E-state index contributed by atoms with van der Waals surface area (Å²) in [6, 6.07) is 9.25. The van der Waals surface area contributed by atoms with Crippen LogP contribution in [-0.4, -0.2) is 52.7 Å². The lowest BCUT2D eigenvalue weighted by molar-refractivity contribution is -0.885. The zero-order valence-corrected chi connectivity index (χ0v) is 27.7. The molecule has 0 fully saturated rings. The van der Waals surface area contributed by atoms with Gasteiger partial charge in [-0.3, -0.25) is 20.0 Å². The Kier molecular flexibility index (Phi) is 9.54. The van der Waals surface area contributed by atoms with Crippen LogP contribution in [0.1, 0.15) is 117 Å². The molecule has 4 aliphatic heterocycles. The lowest BCUT2D eigenvalue weighted by atomic mass is 9.68. The van der Waals surface area contributed by atoms with Gasteiger partial charge in [-0.15, -0.1) is 0 Å². The van der Waals surface area contributed by atoms with Crippen LogP contribution in [0, 0.1) is 11.8 Å². The number of ketones is 1. The molecule has 0 amide bonds. The van der Waals surface area contributed by atoms with Crippen molar-refractivity contribution in [2.45, 2.75) is 108 Å². The molecule has 7 N–H and O–H groups in total. The Balaban J connectivity index is 1.13. The molecule has 5 aliphatic rings. The number of phenols is 1. The van der Waals surface area contributed by atoms with Crippen LogP contribution in [0.2, 0.25) is 0 Å². The first-order valence-electron chi connectivity index (χ1n) is 17.7. The molecule has 2 aromatic carbocycles. The summed E-state index contributed by atoms with van der Waals surface area (Å²) in [6.07, 6.45) is 8.85. The van der Waals surface area contributed by atoms with Gasteiger partial charge in [0.15, 0.2) is 11.5 Å². The highest BCUT2D eigenvalue weighted by atomic mass is 16.5. The van der Waals surface area contributed by atoms with Gasteiger partial charge in [-0.2, -0.15) is 0 Å². The highest BCUT2D eigenvalue weighted by Gasteiger charge is 2.42. The highest BCUT2D eigenvalue weighted by molar-refractivity contribution is 5.89. The number of quaternary nitrogens is 1. The molecular formula is C39H47N4O5+. The number of allylic oxidation sites excluding steroid dienone is 1. The number of Topliss-reactive ketones (excluding diaryl/α,β-unsaturated/α-hetero) is 1. The zero-order valence-electron chi connectivity index (χ0n) is 27.7. The van der Waals surface area contributed by atoms with E-state index in [-0.39, 0.29) is 30.0 Å². The Bertz CT molecular complexity index is 1740. The fourth-order valence-corrected chi connectivity index (χ4v) is 8.19. The molecule has 2 aromatic rings. The number of aliphatic imine (C=N–C) groups is 1. The van der Waals surface area contributed by atoms with Gasteiger partial charge in [-0.05, 0) is 77.1 Å². The SMILES string of the molecule is CCCCCC(O)CC(=O)CCc1ccc(O)c(OC2CC#CC(O)c3ccc4c5c3C(CCC5CNC4N)C3=C4C[NH+]2C=C4N=C3)c1. The van der Waals surface area contributed by atoms with Crippen LogP contribution in [0.3, 0.4) is 0 Å². The number of ether oxygens (including phenoxy) is 1. The van der Waals surface area contributed by atoms with E-state index >= 15 is 0 Å². The number of aliphatic hydroxyl groups is 2. The van der Waals surface area contributed by atoms with E-state index in [0.29, 0.717) is 43.9 Å². The molecule has 7 atom stereocenters. The third-order valence-corrected chi connectivity index (χ3v) is 10.7. The number of hydrogen-bond donors (Lipinski definition) is 6. The quantitative estimate of drug-likeness (QED) is 0.161. The Morgan fingerprint density at radius 2 is 2.04 bits per heavy atom. The number of nitrogens with zero attached hydrogens (tertiary/aromatic N) is 1. The van der Waals surface area contributed by atoms with Gasteiger partial charge < -0.3 is 25.8 Å². The summed E-state index contributed by atoms with van der Waals surface area (Å²) in [6.45, 7) is 3.63. The number of unbranched alkanes of at least 4 members (excludes halogenated alkanes) is 2. The predicted octanol–water partition coefficient (Wildman–Crippen LogP) is 3.71. The number of rotatable bonds is 11. The van der Waals surface area contributed by atoms with E-state index < -0.39 is 18.4 Å². The van der Waals surface area contributed by atoms with Crippen molar-refractivity contribution in [1.29, 1.82) is 0 Å². The molecule has 48 heavy (non-hydrogen) atoms. The number of phenolic OH excluding ortho intramolecular Hbond substituents is 1. The smallest absolute Gasteiger partial charge is 0.247 e. The second-order valence-electron chi connectivity index (χ2n) is 14.0. The van der Waals surface area contributed by atoms with Crippen LogP contribution in [0.4, 0.5) is 0 Å². The summed E-state index contributed by atoms with van der Waals surface area (Å²) in [5.41, 5.74) is 15.1. The first-order chi connectivity index (χ1) is 23.3. The lowest BCUT2D eigenvalue weighted by Gasteiger charge is -2.40. The summed E-state index contributed by atoms with van der Waals surface area (Å²) in [4.78, 5) is 18.5. The molecule has 0 saturated carbocycles. The maximum Gasteiger partial charge on any atom is 0.247 e. The van der Waals surface area contributed by atoms with Gasteiger partial charge in [0.05, 0.1) is 12.3 Å². The maximum atomic E-state index is 12.6. The molecule has 0 radical (unpaired) electrons. The van der Waals surface area contributed by atoms with E-state index in [1.807, 2.05) is 12.3 Å². The number of benzene rings is 2. The van der Waals surface area contributed by atoms with Gasteiger partial charge in [0.25, 0.3) is 0 Å². The first-order valence-corrected chi connectivity index (χ1v) is 17.7. The molecule has 9 nitrogen and oxygen atoms in total. The van der Waals surface area contributed by atoms with Crippen LogP contribution in [-0.2, 0) is 11.2 Å². The van der Waals surface area contributed by atoms with E-state index in [2.05, 4.69) is 36.3 Å². The number of carbonyl (C=O) groups is 1. The number of aromatic hydroxyl groups is 1. The number of hydrogen-bond acceptors (Lipinski definition) is 8. The second-order valence-corrected chi connectivity index (χ2v) is 14.0. The Labute approximate surface area is 282 Å². The molecule has 2 bridgehead atoms. The Morgan fingerprint density at radius 1 is 1.19 bits per heavy atom. The summed E-state index contributed by atoms with van der Waals surface area (Å²) < 4.78 is 6.51. The van der Waals surface area contributed by atoms with Gasteiger partial charge in [-0.1, -0.05) is 56.2 Å². The minimum absolute atomic E-state index is 0.0167. The number of fused-ring (bicyclic) bond motifs is 2. The Hall–Kier alpha value is -3.78. The Morgan fingerprint density at radius 3 is 2.90 bits per heavy atom. The van der Waals surface area contributed by atoms with Crippen molar-refractivity contribution in [3.8, 4) is 23.3 Å². The third kappa shape index (κ3) is 6.48. The average Bonchev–Trinajstić information content (AvgIpc) is 3.67. The van der Waals surface area contributed by atoms with Crippen LogP contribution in [0.25, 0.3) is 0 Å². The van der Waals surface area contributed by atoms with Gasteiger partial charge in [0, 0.05) is 37.1 Å². The van der Waals surface area contributed by atoms with E-state index in [1.54, 1.807) is 18.2 Å². The monoisotopic (exact) mass is 651 g/mol. The average molecular weight is 652 g/mol. The number of carbonyl (C=O) groups excluding carboxylic acids is 1. The van der Waals surface area contributed by atoms with Crippen LogP contribution >= 0.6 is 0 Å². The van der Waals surface area contributed by atoms with Crippen molar-refractivity contribution in [2.75, 3.05) is 13.1 Å². The second kappa shape index (κ2) is 14.0. The number of nitrogens with one attached hydrogen (secondary N) is 2. The minimum Gasteiger partial charge on any atom is -0.504 e. The van der Waals surface area contributed by atoms with E-state index in [0.717, 1.165) is 65.9 Å². The summed E-state index contributed by atoms with van der Waals surface area (Å²) in [5, 5.41) is 36.0. The van der Waals surface area contributed by atoms with Gasteiger partial charge in [0.1, 0.15) is 36.7 Å². The first kappa shape index (κ1) is 32.8. The molecule has 252 valence electrons. The summed E-state index contributed by atoms with van der Waals surface area (Å²) >= 11 is 0. The molecule has 1 aliphatic carbocycles. The molecule has 0 spiro atoms. The zero-order chi connectivity index (χ0) is 33.4. The number of aryl methyl sites for hydroxylation is 1. The summed E-state index contributed by atoms with van der Waals surface area (Å²) in [7, 11) is 0. The van der Waals surface area contributed by atoms with Gasteiger partial charge in [-0.25, -0.2) is 0 Å². The van der Waals surface area contributed by atoms with E-state index in [4.69, 9.17) is 15.5 Å². The maximum absolute atomic E-state index is 12.6. The molecule has 7 rings (SSSR count). The van der Waals surface area contributed by atoms with Crippen molar-refractivity contribution >= 4 is 12.0 Å². The van der Waals surface area contributed by atoms with Gasteiger partial charge in [0.2, 0.25) is 6.23 Å². The fraction of sp³-hybridized carbons (Fsp3) is 0.487. The predicted molar refractivity (Wildman–Crippen MR) is 183 cm³/mol. The molecule has 4 heterocycles. The largest absolute Gasteiger partial charge is 0.504 e. The van der Waals surface area contributed by atoms with Crippen molar-refractivity contribution in [1.82, 2.24) is 5.32 Å². The highest BCUT2D eigenvalue weighted by Crippen LogP contribution is 2.50. The number of aliphatic hydroxyl groups excluding tert-OH is 2. The molecule has 0 saturated heterocycles. The van der Waals surface area contributed by atoms with Crippen molar-refractivity contribution in [3.05, 3.63) is 81.2 Å². The molecule has 7 unspecified atom stereocenters. The topological polar surface area (TPSA) is 142 Å². The minimum atomic E-state index is -0.962. The van der Waals surface area contributed by atoms with E-state index in [9.17, 15) is 20.1 Å². The molecular weight excluding hydrogens is 604 g/mol. The molecule has 0 aromatic heterocycles. The fourth-order valence-electron chi connectivity index (χ4n) is 8.19. The molecule has 9 heteroatoms. The lowest BCUT2D eigenvalue weighted by Crippen LogP contribution is -3.11. The van der Waals surface area contributed by atoms with Crippen molar-refractivity contribution < 1.29 is 29.8 Å². The van der Waals surface area contributed by atoms with Crippen LogP contribution < -0.4 is 20.7 Å². The summed E-state index contributed by atoms with van der Waals surface area (Å²) in [5.74, 6) is 7.16. The van der Waals surface area contributed by atoms with Crippen molar-refractivity contribution in [3.63, 3.8) is 0 Å². The van der Waals surface area contributed by atoms with Gasteiger partial charge >= 0.3 is 0 Å². The van der Waals surface area contributed by atoms with Crippen molar-refractivity contribution in [2.24, 2.45) is 10.7 Å². The standard InChI is InChI=1S/C39H46N4O5/c1-2-3-4-6-25(44)18-26(45)12-9-23-10-16-34(47)35(17-23)48-36-8-5-7-33(46)28-14-15-29-37-24(19-42-39(29)40)11-13-27(38(28)37)30-20-41-32-22-43(36)21-31(30)32/h10,14-17,20,22,24-25,27,33,36,39,42,44,46-47H,2-4,6,8-9,11-13,18-19,21,40H2,1H3/p+1.